The Morgan fingerprint density at radius 3 is 2.54 bits per heavy atom. The molecule has 8 heteroatoms. The predicted octanol–water partition coefficient (Wildman–Crippen LogP) is 3.84. The van der Waals surface area contributed by atoms with Crippen molar-refractivity contribution in [2.75, 3.05) is 7.05 Å². The minimum absolute atomic E-state index is 0.0284. The van der Waals surface area contributed by atoms with Crippen LogP contribution in [-0.2, 0) is 11.4 Å². The van der Waals surface area contributed by atoms with Crippen molar-refractivity contribution in [3.63, 3.8) is 0 Å². The van der Waals surface area contributed by atoms with Crippen molar-refractivity contribution in [2.45, 2.75) is 6.61 Å². The van der Waals surface area contributed by atoms with Crippen LogP contribution in [0.5, 0.6) is 5.75 Å². The summed E-state index contributed by atoms with van der Waals surface area (Å²) in [4.78, 5) is 35.1. The lowest BCUT2D eigenvalue weighted by molar-refractivity contribution is -0.384. The first-order chi connectivity index (χ1) is 12.4. The first-order valence-electron chi connectivity index (χ1n) is 7.62. The monoisotopic (exact) mass is 370 g/mol. The number of amides is 2. The van der Waals surface area contributed by atoms with E-state index >= 15 is 0 Å². The maximum absolute atomic E-state index is 11.9. The molecule has 132 valence electrons. The lowest BCUT2D eigenvalue weighted by Gasteiger charge is -2.07. The molecule has 0 atom stereocenters. The number of carbonyl (C=O) groups is 2. The average molecular weight is 370 g/mol. The summed E-state index contributed by atoms with van der Waals surface area (Å²) in [5.41, 5.74) is 1.57. The highest BCUT2D eigenvalue weighted by molar-refractivity contribution is 8.18. The SMILES string of the molecule is CN1C(=O)S/C(=C/c2cccc(OCc3ccc([N+](=O)[O-])cc3)c2)C1=O. The molecule has 1 aliphatic rings. The van der Waals surface area contributed by atoms with E-state index in [9.17, 15) is 19.7 Å². The highest BCUT2D eigenvalue weighted by Gasteiger charge is 2.31. The number of rotatable bonds is 5. The molecule has 2 amide bonds. The summed E-state index contributed by atoms with van der Waals surface area (Å²) >= 11 is 0.899. The van der Waals surface area contributed by atoms with Gasteiger partial charge in [-0.3, -0.25) is 24.6 Å². The second-order valence-corrected chi connectivity index (χ2v) is 6.52. The minimum Gasteiger partial charge on any atom is -0.489 e. The normalized spacial score (nSPS) is 15.6. The summed E-state index contributed by atoms with van der Waals surface area (Å²) < 4.78 is 5.70. The number of likely N-dealkylation sites (N-methyl/N-ethyl adjacent to an activating group) is 1. The fraction of sp³-hybridized carbons (Fsp3) is 0.111. The number of imide groups is 1. The van der Waals surface area contributed by atoms with Crippen LogP contribution in [0.3, 0.4) is 0 Å². The Morgan fingerprint density at radius 1 is 1.19 bits per heavy atom. The fourth-order valence-corrected chi connectivity index (χ4v) is 3.10. The third kappa shape index (κ3) is 3.92. The first-order valence-corrected chi connectivity index (χ1v) is 8.43. The smallest absolute Gasteiger partial charge is 0.293 e. The van der Waals surface area contributed by atoms with Crippen LogP contribution in [0, 0.1) is 10.1 Å². The van der Waals surface area contributed by atoms with Gasteiger partial charge in [0.25, 0.3) is 16.8 Å². The maximum atomic E-state index is 11.9. The Balaban J connectivity index is 1.69. The van der Waals surface area contributed by atoms with Gasteiger partial charge in [-0.1, -0.05) is 12.1 Å². The molecule has 1 heterocycles. The van der Waals surface area contributed by atoms with Crippen molar-refractivity contribution in [3.8, 4) is 5.75 Å². The second-order valence-electron chi connectivity index (χ2n) is 5.53. The zero-order valence-electron chi connectivity index (χ0n) is 13.7. The highest BCUT2D eigenvalue weighted by atomic mass is 32.2. The quantitative estimate of drug-likeness (QED) is 0.451. The molecule has 1 fully saturated rings. The molecule has 0 bridgehead atoms. The third-order valence-electron chi connectivity index (χ3n) is 3.70. The van der Waals surface area contributed by atoms with Crippen molar-refractivity contribution in [1.29, 1.82) is 0 Å². The third-order valence-corrected chi connectivity index (χ3v) is 4.66. The molecule has 0 aliphatic carbocycles. The zero-order chi connectivity index (χ0) is 18.7. The van der Waals surface area contributed by atoms with Crippen LogP contribution < -0.4 is 4.74 Å². The molecular weight excluding hydrogens is 356 g/mol. The van der Waals surface area contributed by atoms with E-state index in [2.05, 4.69) is 0 Å². The molecular formula is C18H14N2O5S. The molecule has 2 aromatic carbocycles. The van der Waals surface area contributed by atoms with Crippen LogP contribution in [0.1, 0.15) is 11.1 Å². The van der Waals surface area contributed by atoms with Crippen LogP contribution in [0.25, 0.3) is 6.08 Å². The number of hydrogen-bond acceptors (Lipinski definition) is 6. The van der Waals surface area contributed by atoms with E-state index in [0.717, 1.165) is 27.8 Å². The van der Waals surface area contributed by atoms with Crippen molar-refractivity contribution in [3.05, 3.63) is 74.7 Å². The van der Waals surface area contributed by atoms with Gasteiger partial charge in [-0.05, 0) is 53.2 Å². The summed E-state index contributed by atoms with van der Waals surface area (Å²) in [6.45, 7) is 0.257. The molecule has 0 aromatic heterocycles. The molecule has 0 N–H and O–H groups in total. The summed E-state index contributed by atoms with van der Waals surface area (Å²) in [5, 5.41) is 10.4. The number of carbonyl (C=O) groups excluding carboxylic acids is 2. The molecule has 0 saturated carbocycles. The number of nitro benzene ring substituents is 1. The molecule has 1 saturated heterocycles. The number of ether oxygens (including phenoxy) is 1. The maximum Gasteiger partial charge on any atom is 0.293 e. The average Bonchev–Trinajstić information content (AvgIpc) is 2.87. The Morgan fingerprint density at radius 2 is 1.92 bits per heavy atom. The highest BCUT2D eigenvalue weighted by Crippen LogP contribution is 2.31. The van der Waals surface area contributed by atoms with E-state index in [1.54, 1.807) is 36.4 Å². The van der Waals surface area contributed by atoms with Gasteiger partial charge in [-0.15, -0.1) is 0 Å². The van der Waals surface area contributed by atoms with Gasteiger partial charge < -0.3 is 4.74 Å². The molecule has 1 aliphatic heterocycles. The van der Waals surface area contributed by atoms with E-state index in [-0.39, 0.29) is 23.4 Å². The second kappa shape index (κ2) is 7.40. The zero-order valence-corrected chi connectivity index (χ0v) is 14.6. The van der Waals surface area contributed by atoms with Gasteiger partial charge in [0.05, 0.1) is 9.83 Å². The van der Waals surface area contributed by atoms with Crippen molar-refractivity contribution < 1.29 is 19.2 Å². The minimum atomic E-state index is -0.452. The van der Waals surface area contributed by atoms with Gasteiger partial charge in [-0.2, -0.15) is 0 Å². The number of nitrogens with zero attached hydrogens (tertiary/aromatic N) is 2. The molecule has 3 rings (SSSR count). The van der Waals surface area contributed by atoms with Crippen molar-refractivity contribution in [2.24, 2.45) is 0 Å². The van der Waals surface area contributed by atoms with Crippen LogP contribution >= 0.6 is 11.8 Å². The Hall–Kier alpha value is -3.13. The van der Waals surface area contributed by atoms with E-state index in [1.165, 1.54) is 19.2 Å². The molecule has 26 heavy (non-hydrogen) atoms. The molecule has 0 spiro atoms. The van der Waals surface area contributed by atoms with Gasteiger partial charge in [0.15, 0.2) is 0 Å². The molecule has 7 nitrogen and oxygen atoms in total. The number of hydrogen-bond donors (Lipinski definition) is 0. The van der Waals surface area contributed by atoms with Gasteiger partial charge >= 0.3 is 0 Å². The lowest BCUT2D eigenvalue weighted by atomic mass is 10.2. The summed E-state index contributed by atoms with van der Waals surface area (Å²) in [6.07, 6.45) is 1.65. The summed E-state index contributed by atoms with van der Waals surface area (Å²) in [6, 6.07) is 13.3. The van der Waals surface area contributed by atoms with Crippen LogP contribution in [0.2, 0.25) is 0 Å². The number of nitro groups is 1. The van der Waals surface area contributed by atoms with E-state index < -0.39 is 4.92 Å². The molecule has 2 aromatic rings. The standard InChI is InChI=1S/C18H14N2O5S/c1-19-17(21)16(26-18(19)22)10-13-3-2-4-15(9-13)25-11-12-5-7-14(8-6-12)20(23)24/h2-10H,11H2,1H3/b16-10+. The van der Waals surface area contributed by atoms with Gasteiger partial charge in [-0.25, -0.2) is 0 Å². The Bertz CT molecular complexity index is 908. The van der Waals surface area contributed by atoms with E-state index in [1.807, 2.05) is 6.07 Å². The molecule has 0 radical (unpaired) electrons. The largest absolute Gasteiger partial charge is 0.489 e. The van der Waals surface area contributed by atoms with Crippen molar-refractivity contribution in [1.82, 2.24) is 4.90 Å². The first kappa shape index (κ1) is 17.7. The predicted molar refractivity (Wildman–Crippen MR) is 97.6 cm³/mol. The van der Waals surface area contributed by atoms with Crippen LogP contribution in [-0.4, -0.2) is 28.0 Å². The summed E-state index contributed by atoms with van der Waals surface area (Å²) in [7, 11) is 1.45. The van der Waals surface area contributed by atoms with Crippen molar-refractivity contribution >= 4 is 34.7 Å². The summed E-state index contributed by atoms with van der Waals surface area (Å²) in [5.74, 6) is 0.269. The number of thioether (sulfide) groups is 1. The molecule has 0 unspecified atom stereocenters. The van der Waals surface area contributed by atoms with Crippen LogP contribution in [0.4, 0.5) is 10.5 Å². The number of benzene rings is 2. The Kier molecular flexibility index (Phi) is 5.04. The van der Waals surface area contributed by atoms with E-state index in [4.69, 9.17) is 4.74 Å². The lowest BCUT2D eigenvalue weighted by Crippen LogP contribution is -2.22. The number of non-ortho nitro benzene ring substituents is 1. The van der Waals surface area contributed by atoms with E-state index in [0.29, 0.717) is 10.7 Å². The van der Waals surface area contributed by atoms with Gasteiger partial charge in [0.1, 0.15) is 12.4 Å². The topological polar surface area (TPSA) is 89.8 Å². The fourth-order valence-electron chi connectivity index (χ4n) is 2.27. The van der Waals surface area contributed by atoms with Gasteiger partial charge in [0.2, 0.25) is 0 Å². The van der Waals surface area contributed by atoms with Gasteiger partial charge in [0, 0.05) is 19.2 Å². The van der Waals surface area contributed by atoms with Crippen LogP contribution in [0.15, 0.2) is 53.4 Å². The Labute approximate surface area is 153 Å².